The molecule has 42 heavy (non-hydrogen) atoms. The summed E-state index contributed by atoms with van der Waals surface area (Å²) in [5, 5.41) is 27.3. The lowest BCUT2D eigenvalue weighted by molar-refractivity contribution is 0.134. The largest absolute Gasteiger partial charge is 0.450 e. The van der Waals surface area contributed by atoms with E-state index in [9.17, 15) is 4.79 Å². The maximum absolute atomic E-state index is 13.2. The fourth-order valence-corrected chi connectivity index (χ4v) is 6.46. The SMILES string of the molecule is N=C(N)NCCCN(CCCNC(=N)N)[C@H]1CC[C@H](n2cc3c(nc2=O)Nc2cc(C4CCNCC4)ccc2O3)CC1. The molecule has 3 aliphatic rings. The van der Waals surface area contributed by atoms with Crippen LogP contribution in [-0.4, -0.2) is 71.7 Å². The number of nitrogens with zero attached hydrogens (tertiary/aromatic N) is 3. The maximum Gasteiger partial charge on any atom is 0.350 e. The zero-order valence-corrected chi connectivity index (χ0v) is 24.3. The second-order valence-corrected chi connectivity index (χ2v) is 11.5. The van der Waals surface area contributed by atoms with Gasteiger partial charge in [0.05, 0.1) is 11.9 Å². The molecule has 1 saturated carbocycles. The normalized spacial score (nSPS) is 20.1. The van der Waals surface area contributed by atoms with Crippen molar-refractivity contribution in [3.05, 3.63) is 40.4 Å². The van der Waals surface area contributed by atoms with Crippen molar-refractivity contribution in [1.29, 1.82) is 10.8 Å². The summed E-state index contributed by atoms with van der Waals surface area (Å²) in [7, 11) is 0. The number of fused-ring (bicyclic) bond motifs is 2. The van der Waals surface area contributed by atoms with Crippen LogP contribution in [0.15, 0.2) is 29.2 Å². The Hall–Kier alpha value is -3.84. The van der Waals surface area contributed by atoms with E-state index in [1.54, 1.807) is 4.57 Å². The van der Waals surface area contributed by atoms with Gasteiger partial charge in [-0.2, -0.15) is 4.98 Å². The summed E-state index contributed by atoms with van der Waals surface area (Å²) in [5.41, 5.74) is 12.8. The van der Waals surface area contributed by atoms with Crippen LogP contribution in [0.25, 0.3) is 0 Å². The summed E-state index contributed by atoms with van der Waals surface area (Å²) in [4.78, 5) is 20.0. The predicted octanol–water partition coefficient (Wildman–Crippen LogP) is 2.09. The molecule has 0 unspecified atom stereocenters. The van der Waals surface area contributed by atoms with E-state index in [1.807, 2.05) is 12.3 Å². The minimum Gasteiger partial charge on any atom is -0.450 e. The van der Waals surface area contributed by atoms with Crippen molar-refractivity contribution >= 4 is 23.4 Å². The first kappa shape index (κ1) is 29.6. The number of hydrogen-bond donors (Lipinski definition) is 8. The number of aromatic nitrogens is 2. The molecule has 1 saturated heterocycles. The van der Waals surface area contributed by atoms with Gasteiger partial charge >= 0.3 is 5.69 Å². The van der Waals surface area contributed by atoms with Gasteiger partial charge in [0.2, 0.25) is 0 Å². The number of nitrogens with one attached hydrogen (secondary N) is 6. The molecular weight excluding hydrogens is 534 g/mol. The van der Waals surface area contributed by atoms with Gasteiger partial charge in [0.25, 0.3) is 0 Å². The minimum absolute atomic E-state index is 0.0125. The van der Waals surface area contributed by atoms with E-state index in [0.717, 1.165) is 89.0 Å². The summed E-state index contributed by atoms with van der Waals surface area (Å²) in [6, 6.07) is 6.79. The third-order valence-electron chi connectivity index (χ3n) is 8.66. The van der Waals surface area contributed by atoms with E-state index in [-0.39, 0.29) is 23.7 Å². The van der Waals surface area contributed by atoms with Gasteiger partial charge in [0.15, 0.2) is 29.2 Å². The van der Waals surface area contributed by atoms with Gasteiger partial charge in [-0.25, -0.2) is 4.79 Å². The number of anilines is 2. The number of guanidine groups is 2. The van der Waals surface area contributed by atoms with Crippen molar-refractivity contribution in [3.8, 4) is 11.5 Å². The fourth-order valence-electron chi connectivity index (χ4n) is 6.46. The second-order valence-electron chi connectivity index (χ2n) is 11.5. The fraction of sp³-hybridized carbons (Fsp3) is 0.586. The van der Waals surface area contributed by atoms with Crippen LogP contribution in [0.1, 0.15) is 68.9 Å². The molecule has 0 radical (unpaired) electrons. The molecule has 2 aliphatic heterocycles. The zero-order chi connectivity index (χ0) is 29.5. The first-order valence-corrected chi connectivity index (χ1v) is 15.2. The highest BCUT2D eigenvalue weighted by Gasteiger charge is 2.29. The molecule has 2 fully saturated rings. The van der Waals surface area contributed by atoms with Crippen molar-refractivity contribution in [3.63, 3.8) is 0 Å². The molecule has 228 valence electrons. The van der Waals surface area contributed by atoms with Crippen LogP contribution in [0.3, 0.4) is 0 Å². The number of piperidine rings is 1. The number of ether oxygens (including phenoxy) is 1. The molecule has 2 aromatic rings. The van der Waals surface area contributed by atoms with Crippen LogP contribution in [0.2, 0.25) is 0 Å². The van der Waals surface area contributed by atoms with E-state index in [1.165, 1.54) is 5.56 Å². The van der Waals surface area contributed by atoms with Crippen molar-refractivity contribution in [1.82, 2.24) is 30.4 Å². The lowest BCUT2D eigenvalue weighted by Crippen LogP contribution is -2.43. The van der Waals surface area contributed by atoms with Crippen LogP contribution < -0.4 is 43.2 Å². The van der Waals surface area contributed by atoms with Crippen LogP contribution in [-0.2, 0) is 0 Å². The summed E-state index contributed by atoms with van der Waals surface area (Å²) in [6.45, 7) is 5.14. The summed E-state index contributed by atoms with van der Waals surface area (Å²) in [6.07, 6.45) is 9.50. The Morgan fingerprint density at radius 3 is 2.31 bits per heavy atom. The molecule has 1 aromatic heterocycles. The highest BCUT2D eigenvalue weighted by atomic mass is 16.5. The average molecular weight is 580 g/mol. The highest BCUT2D eigenvalue weighted by molar-refractivity contribution is 5.74. The van der Waals surface area contributed by atoms with Crippen molar-refractivity contribution in [2.45, 2.75) is 69.4 Å². The van der Waals surface area contributed by atoms with Crippen molar-refractivity contribution in [2.75, 3.05) is 44.6 Å². The Bertz CT molecular complexity index is 1280. The third kappa shape index (κ3) is 7.51. The molecule has 0 bridgehead atoms. The van der Waals surface area contributed by atoms with Gasteiger partial charge in [-0.1, -0.05) is 6.07 Å². The van der Waals surface area contributed by atoms with Gasteiger partial charge in [0.1, 0.15) is 0 Å². The van der Waals surface area contributed by atoms with Gasteiger partial charge < -0.3 is 42.4 Å². The monoisotopic (exact) mass is 579 g/mol. The van der Waals surface area contributed by atoms with E-state index < -0.39 is 0 Å². The summed E-state index contributed by atoms with van der Waals surface area (Å²) >= 11 is 0. The molecule has 1 aromatic carbocycles. The second kappa shape index (κ2) is 13.9. The van der Waals surface area contributed by atoms with Gasteiger partial charge in [0, 0.05) is 38.3 Å². The third-order valence-corrected chi connectivity index (χ3v) is 8.66. The van der Waals surface area contributed by atoms with E-state index in [2.05, 4.69) is 43.3 Å². The van der Waals surface area contributed by atoms with Crippen LogP contribution in [0.5, 0.6) is 11.5 Å². The Morgan fingerprint density at radius 1 is 1.00 bits per heavy atom. The van der Waals surface area contributed by atoms with E-state index in [0.29, 0.717) is 36.6 Å². The topological polar surface area (TPSA) is 195 Å². The first-order chi connectivity index (χ1) is 20.4. The standard InChI is InChI=1S/C29H45N11O2/c30-27(31)35-11-1-15-39(16-2-12-36-28(32)33)21-4-6-22(7-5-21)40-18-25-26(38-29(40)41)37-23-17-20(3-8-24(23)42-25)19-9-13-34-14-10-19/h3,8,17-19,21-22,34H,1-2,4-7,9-16H2,(H4,30,31,35)(H4,32,33,36)(H,37,38,41)/t21-,22-. The molecule has 0 amide bonds. The predicted molar refractivity (Wildman–Crippen MR) is 165 cm³/mol. The van der Waals surface area contributed by atoms with Gasteiger partial charge in [-0.15, -0.1) is 0 Å². The Kier molecular flexibility index (Phi) is 9.80. The molecule has 3 heterocycles. The van der Waals surface area contributed by atoms with Crippen LogP contribution >= 0.6 is 0 Å². The molecular formula is C29H45N11O2. The molecule has 13 heteroatoms. The van der Waals surface area contributed by atoms with Gasteiger partial charge in [-0.3, -0.25) is 15.4 Å². The molecule has 0 spiro atoms. The number of benzene rings is 1. The van der Waals surface area contributed by atoms with Crippen molar-refractivity contribution < 1.29 is 4.74 Å². The highest BCUT2D eigenvalue weighted by Crippen LogP contribution is 2.43. The lowest BCUT2D eigenvalue weighted by atomic mass is 9.89. The number of hydrogen-bond acceptors (Lipinski definition) is 8. The first-order valence-electron chi connectivity index (χ1n) is 15.2. The summed E-state index contributed by atoms with van der Waals surface area (Å²) in [5.74, 6) is 2.31. The Balaban J connectivity index is 1.20. The quantitative estimate of drug-likeness (QED) is 0.0946. The Labute approximate surface area is 246 Å². The zero-order valence-electron chi connectivity index (χ0n) is 24.3. The van der Waals surface area contributed by atoms with Crippen LogP contribution in [0.4, 0.5) is 11.5 Å². The molecule has 10 N–H and O–H groups in total. The molecule has 5 rings (SSSR count). The minimum atomic E-state index is -0.256. The summed E-state index contributed by atoms with van der Waals surface area (Å²) < 4.78 is 8.00. The van der Waals surface area contributed by atoms with Gasteiger partial charge in [-0.05, 0) is 88.1 Å². The lowest BCUT2D eigenvalue weighted by Gasteiger charge is -2.37. The maximum atomic E-state index is 13.2. The van der Waals surface area contributed by atoms with E-state index >= 15 is 0 Å². The van der Waals surface area contributed by atoms with E-state index in [4.69, 9.17) is 27.0 Å². The smallest absolute Gasteiger partial charge is 0.350 e. The molecule has 1 aliphatic carbocycles. The van der Waals surface area contributed by atoms with Crippen LogP contribution in [0, 0.1) is 10.8 Å². The Morgan fingerprint density at radius 2 is 1.67 bits per heavy atom. The molecule has 13 nitrogen and oxygen atoms in total. The number of nitrogens with two attached hydrogens (primary N) is 2. The number of rotatable bonds is 11. The molecule has 0 atom stereocenters. The van der Waals surface area contributed by atoms with Crippen molar-refractivity contribution in [2.24, 2.45) is 11.5 Å². The average Bonchev–Trinajstić information content (AvgIpc) is 2.99.